The molecule has 0 fully saturated rings. The summed E-state index contributed by atoms with van der Waals surface area (Å²) in [5.74, 6) is -0.00463. The number of carbonyl (C=O) groups excluding carboxylic acids is 1. The van der Waals surface area contributed by atoms with Crippen molar-refractivity contribution in [2.24, 2.45) is 4.99 Å². The van der Waals surface area contributed by atoms with Crippen molar-refractivity contribution in [3.63, 3.8) is 0 Å². The third kappa shape index (κ3) is 1.10. The second-order valence-corrected chi connectivity index (χ2v) is 3.23. The van der Waals surface area contributed by atoms with Gasteiger partial charge in [-0.2, -0.15) is 0 Å². The van der Waals surface area contributed by atoms with Crippen LogP contribution in [-0.2, 0) is 4.79 Å². The number of aliphatic imine (C=N–C) groups is 1. The van der Waals surface area contributed by atoms with Crippen molar-refractivity contribution in [1.82, 2.24) is 0 Å². The molecular weight excluding hydrogens is 154 g/mol. The van der Waals surface area contributed by atoms with E-state index in [-0.39, 0.29) is 5.78 Å². The summed E-state index contributed by atoms with van der Waals surface area (Å²) in [6, 6.07) is 0. The zero-order chi connectivity index (χ0) is 8.55. The molecule has 1 aliphatic heterocycles. The van der Waals surface area contributed by atoms with Crippen LogP contribution >= 0.6 is 0 Å². The number of nitrogens with zero attached hydrogens (tertiary/aromatic N) is 1. The predicted octanol–water partition coefficient (Wildman–Crippen LogP) is 0.829. The van der Waals surface area contributed by atoms with E-state index in [0.29, 0.717) is 0 Å². The molecule has 2 aliphatic rings. The summed E-state index contributed by atoms with van der Waals surface area (Å²) in [5.41, 5.74) is 1.66. The summed E-state index contributed by atoms with van der Waals surface area (Å²) in [5, 5.41) is 9.41. The smallest absolute Gasteiger partial charge is 0.199 e. The zero-order valence-electron chi connectivity index (χ0n) is 6.79. The van der Waals surface area contributed by atoms with Crippen LogP contribution in [0.4, 0.5) is 0 Å². The largest absolute Gasteiger partial charge is 0.368 e. The fraction of sp³-hybridized carbons (Fsp3) is 0.556. The topological polar surface area (TPSA) is 49.7 Å². The second kappa shape index (κ2) is 2.83. The zero-order valence-corrected chi connectivity index (χ0v) is 6.79. The maximum absolute atomic E-state index is 11.3. The van der Waals surface area contributed by atoms with E-state index in [9.17, 15) is 9.90 Å². The van der Waals surface area contributed by atoms with Gasteiger partial charge in [0.05, 0.1) is 6.21 Å². The van der Waals surface area contributed by atoms with Gasteiger partial charge in [0.15, 0.2) is 12.0 Å². The van der Waals surface area contributed by atoms with Crippen LogP contribution in [0.5, 0.6) is 0 Å². The van der Waals surface area contributed by atoms with Gasteiger partial charge >= 0.3 is 0 Å². The van der Waals surface area contributed by atoms with Crippen LogP contribution in [0, 0.1) is 0 Å². The number of hydrogen-bond acceptors (Lipinski definition) is 3. The lowest BCUT2D eigenvalue weighted by atomic mass is 9.87. The van der Waals surface area contributed by atoms with Crippen molar-refractivity contribution in [3.05, 3.63) is 11.1 Å². The summed E-state index contributed by atoms with van der Waals surface area (Å²) in [7, 11) is 0. The SMILES string of the molecule is O=C1C=NC(O)C2=C1CCCC2. The van der Waals surface area contributed by atoms with Crippen molar-refractivity contribution < 1.29 is 9.90 Å². The summed E-state index contributed by atoms with van der Waals surface area (Å²) < 4.78 is 0. The van der Waals surface area contributed by atoms with E-state index in [4.69, 9.17) is 0 Å². The molecule has 1 heterocycles. The quantitative estimate of drug-likeness (QED) is 0.578. The molecule has 0 saturated heterocycles. The van der Waals surface area contributed by atoms with Crippen LogP contribution in [0.1, 0.15) is 25.7 Å². The lowest BCUT2D eigenvalue weighted by molar-refractivity contribution is -0.110. The average molecular weight is 165 g/mol. The van der Waals surface area contributed by atoms with Gasteiger partial charge in [-0.15, -0.1) is 0 Å². The standard InChI is InChI=1S/C9H11NO2/c11-8-5-10-9(12)7-4-2-1-3-6(7)8/h5,9,12H,1-4H2. The first-order valence-electron chi connectivity index (χ1n) is 4.26. The fourth-order valence-electron chi connectivity index (χ4n) is 1.80. The molecule has 0 radical (unpaired) electrons. The Bertz CT molecular complexity index is 278. The number of hydrogen-bond donors (Lipinski definition) is 1. The van der Waals surface area contributed by atoms with Gasteiger partial charge in [0.2, 0.25) is 0 Å². The van der Waals surface area contributed by atoms with Crippen molar-refractivity contribution in [3.8, 4) is 0 Å². The average Bonchev–Trinajstić information content (AvgIpc) is 2.12. The summed E-state index contributed by atoms with van der Waals surface area (Å²) in [6.07, 6.45) is 4.29. The third-order valence-electron chi connectivity index (χ3n) is 2.45. The number of Topliss-reactive ketones (excluding diaryl/α,β-unsaturated/α-hetero) is 1. The number of aliphatic hydroxyl groups is 1. The van der Waals surface area contributed by atoms with Gasteiger partial charge in [-0.25, -0.2) is 0 Å². The molecular formula is C9H11NO2. The number of allylic oxidation sites excluding steroid dienone is 1. The normalized spacial score (nSPS) is 29.1. The van der Waals surface area contributed by atoms with Crippen molar-refractivity contribution >= 4 is 12.0 Å². The van der Waals surface area contributed by atoms with Crippen LogP contribution in [0.2, 0.25) is 0 Å². The fourth-order valence-corrected chi connectivity index (χ4v) is 1.80. The molecule has 0 aromatic heterocycles. The molecule has 0 spiro atoms. The Hall–Kier alpha value is -0.960. The molecule has 1 unspecified atom stereocenters. The minimum absolute atomic E-state index is 0.00463. The number of rotatable bonds is 0. The van der Waals surface area contributed by atoms with Crippen LogP contribution in [-0.4, -0.2) is 23.3 Å². The van der Waals surface area contributed by atoms with Crippen LogP contribution in [0.15, 0.2) is 16.1 Å². The molecule has 3 nitrogen and oxygen atoms in total. The van der Waals surface area contributed by atoms with E-state index in [1.165, 1.54) is 6.21 Å². The maximum Gasteiger partial charge on any atom is 0.199 e. The van der Waals surface area contributed by atoms with Gasteiger partial charge in [-0.05, 0) is 31.3 Å². The van der Waals surface area contributed by atoms with Crippen LogP contribution < -0.4 is 0 Å². The van der Waals surface area contributed by atoms with Crippen molar-refractivity contribution in [2.45, 2.75) is 31.9 Å². The molecule has 1 aliphatic carbocycles. The van der Waals surface area contributed by atoms with Gasteiger partial charge < -0.3 is 5.11 Å². The van der Waals surface area contributed by atoms with E-state index >= 15 is 0 Å². The second-order valence-electron chi connectivity index (χ2n) is 3.23. The Morgan fingerprint density at radius 2 is 2.17 bits per heavy atom. The third-order valence-corrected chi connectivity index (χ3v) is 2.45. The van der Waals surface area contributed by atoms with Crippen LogP contribution in [0.3, 0.4) is 0 Å². The molecule has 0 aromatic carbocycles. The predicted molar refractivity (Wildman–Crippen MR) is 45.0 cm³/mol. The minimum atomic E-state index is -0.738. The number of aliphatic hydroxyl groups excluding tert-OH is 1. The first-order chi connectivity index (χ1) is 5.79. The lowest BCUT2D eigenvalue weighted by Gasteiger charge is -2.23. The Morgan fingerprint density at radius 3 is 2.92 bits per heavy atom. The number of carbonyl (C=O) groups is 1. The first-order valence-corrected chi connectivity index (χ1v) is 4.26. The summed E-state index contributed by atoms with van der Waals surface area (Å²) >= 11 is 0. The van der Waals surface area contributed by atoms with Gasteiger partial charge in [-0.1, -0.05) is 0 Å². The molecule has 12 heavy (non-hydrogen) atoms. The number of ketones is 1. The molecule has 0 bridgehead atoms. The highest BCUT2D eigenvalue weighted by Gasteiger charge is 2.25. The van der Waals surface area contributed by atoms with Crippen LogP contribution in [0.25, 0.3) is 0 Å². The van der Waals surface area contributed by atoms with E-state index in [2.05, 4.69) is 4.99 Å². The summed E-state index contributed by atoms with van der Waals surface area (Å²) in [4.78, 5) is 15.0. The Balaban J connectivity index is 2.36. The highest BCUT2D eigenvalue weighted by atomic mass is 16.3. The molecule has 1 atom stereocenters. The van der Waals surface area contributed by atoms with Crippen molar-refractivity contribution in [2.75, 3.05) is 0 Å². The Labute approximate surface area is 70.8 Å². The molecule has 1 N–H and O–H groups in total. The lowest BCUT2D eigenvalue weighted by Crippen LogP contribution is -2.23. The monoisotopic (exact) mass is 165 g/mol. The Kier molecular flexibility index (Phi) is 1.81. The van der Waals surface area contributed by atoms with E-state index in [1.54, 1.807) is 0 Å². The van der Waals surface area contributed by atoms with Gasteiger partial charge in [0.1, 0.15) is 0 Å². The molecule has 64 valence electrons. The number of dihydropyridines is 1. The molecule has 2 rings (SSSR count). The van der Waals surface area contributed by atoms with E-state index < -0.39 is 6.23 Å². The highest BCUT2D eigenvalue weighted by molar-refractivity contribution is 6.36. The van der Waals surface area contributed by atoms with Gasteiger partial charge in [0, 0.05) is 5.57 Å². The molecule has 3 heteroatoms. The molecule has 0 amide bonds. The molecule has 0 saturated carbocycles. The minimum Gasteiger partial charge on any atom is -0.368 e. The van der Waals surface area contributed by atoms with Gasteiger partial charge in [0.25, 0.3) is 0 Å². The van der Waals surface area contributed by atoms with E-state index in [1.807, 2.05) is 0 Å². The van der Waals surface area contributed by atoms with Gasteiger partial charge in [-0.3, -0.25) is 9.79 Å². The Morgan fingerprint density at radius 1 is 1.42 bits per heavy atom. The van der Waals surface area contributed by atoms with E-state index in [0.717, 1.165) is 36.8 Å². The van der Waals surface area contributed by atoms with Crippen molar-refractivity contribution in [1.29, 1.82) is 0 Å². The molecule has 0 aromatic rings. The summed E-state index contributed by atoms with van der Waals surface area (Å²) in [6.45, 7) is 0. The maximum atomic E-state index is 11.3. The first kappa shape index (κ1) is 7.68. The highest BCUT2D eigenvalue weighted by Crippen LogP contribution is 2.29.